The van der Waals surface area contributed by atoms with Gasteiger partial charge in [0.05, 0.1) is 46.6 Å². The molecule has 2 aromatic carbocycles. The number of methoxy groups -OCH3 is 1. The molecule has 0 N–H and O–H groups in total. The minimum absolute atomic E-state index is 0.117. The number of anilines is 1. The van der Waals surface area contributed by atoms with Crippen LogP contribution in [0.5, 0.6) is 5.75 Å². The molecular weight excluding hydrogens is 522 g/mol. The fraction of sp³-hybridized carbons (Fsp3) is 0.440. The molecule has 0 bridgehead atoms. The third kappa shape index (κ3) is 5.84. The first-order valence-corrected chi connectivity index (χ1v) is 14.5. The van der Waals surface area contributed by atoms with Crippen LogP contribution in [0.25, 0.3) is 10.2 Å². The highest BCUT2D eigenvalue weighted by Gasteiger charge is 2.24. The van der Waals surface area contributed by atoms with Gasteiger partial charge in [-0.25, -0.2) is 13.4 Å². The third-order valence-electron chi connectivity index (χ3n) is 6.17. The number of benzene rings is 2. The molecule has 4 rings (SSSR count). The summed E-state index contributed by atoms with van der Waals surface area (Å²) in [5.74, 6) is 0.469. The number of carbonyl (C=O) groups excluding carboxylic acids is 1. The van der Waals surface area contributed by atoms with E-state index in [4.69, 9.17) is 26.1 Å². The fourth-order valence-electron chi connectivity index (χ4n) is 3.95. The molecular formula is C25H30ClN3O5S2. The number of fused-ring (bicyclic) bond motifs is 1. The van der Waals surface area contributed by atoms with E-state index in [2.05, 4.69) is 4.90 Å². The first-order valence-electron chi connectivity index (χ1n) is 11.8. The van der Waals surface area contributed by atoms with Crippen molar-refractivity contribution in [2.45, 2.75) is 30.4 Å². The number of amides is 1. The van der Waals surface area contributed by atoms with E-state index in [0.29, 0.717) is 47.7 Å². The van der Waals surface area contributed by atoms with Crippen molar-refractivity contribution < 1.29 is 22.7 Å². The maximum atomic E-state index is 13.6. The molecule has 2 heterocycles. The van der Waals surface area contributed by atoms with Crippen molar-refractivity contribution >= 4 is 54.0 Å². The van der Waals surface area contributed by atoms with E-state index in [1.54, 1.807) is 62.3 Å². The highest BCUT2D eigenvalue weighted by molar-refractivity contribution is 7.92. The maximum Gasteiger partial charge on any atom is 0.233 e. The fourth-order valence-corrected chi connectivity index (χ4v) is 6.31. The summed E-state index contributed by atoms with van der Waals surface area (Å²) in [5.41, 5.74) is 1.35. The van der Waals surface area contributed by atoms with Crippen LogP contribution in [0.15, 0.2) is 41.3 Å². The SMILES string of the molecule is COc1ccc(Cl)c2sc(N(CCN3CCOCC3)C(=O)Cc3ccc(S(=O)(=O)C(C)C)cc3)nc12. The van der Waals surface area contributed by atoms with Crippen LogP contribution >= 0.6 is 22.9 Å². The average Bonchev–Trinajstić information content (AvgIpc) is 3.31. The van der Waals surface area contributed by atoms with E-state index < -0.39 is 15.1 Å². The van der Waals surface area contributed by atoms with Crippen molar-refractivity contribution in [3.8, 4) is 5.75 Å². The first kappa shape index (κ1) is 26.8. The van der Waals surface area contributed by atoms with Gasteiger partial charge in [-0.15, -0.1) is 0 Å². The van der Waals surface area contributed by atoms with Gasteiger partial charge in [0.2, 0.25) is 5.91 Å². The monoisotopic (exact) mass is 551 g/mol. The summed E-state index contributed by atoms with van der Waals surface area (Å²) in [6.07, 6.45) is 0.117. The Kier molecular flexibility index (Phi) is 8.52. The molecule has 194 valence electrons. The number of morpholine rings is 1. The Labute approximate surface area is 220 Å². The molecule has 0 spiro atoms. The molecule has 0 aliphatic carbocycles. The number of rotatable bonds is 9. The number of thiazole rings is 1. The van der Waals surface area contributed by atoms with Gasteiger partial charge < -0.3 is 9.47 Å². The molecule has 1 amide bonds. The second-order valence-electron chi connectivity index (χ2n) is 8.84. The molecule has 1 saturated heterocycles. The minimum atomic E-state index is -3.37. The molecule has 0 radical (unpaired) electrons. The highest BCUT2D eigenvalue weighted by atomic mass is 35.5. The molecule has 1 fully saturated rings. The highest BCUT2D eigenvalue weighted by Crippen LogP contribution is 2.38. The number of carbonyl (C=O) groups is 1. The first-order chi connectivity index (χ1) is 17.2. The Bertz CT molecular complexity index is 1320. The summed E-state index contributed by atoms with van der Waals surface area (Å²) in [6, 6.07) is 10.1. The number of hydrogen-bond donors (Lipinski definition) is 0. The number of sulfone groups is 1. The maximum absolute atomic E-state index is 13.6. The topological polar surface area (TPSA) is 89.0 Å². The zero-order chi connectivity index (χ0) is 25.9. The zero-order valence-electron chi connectivity index (χ0n) is 20.6. The Morgan fingerprint density at radius 2 is 1.89 bits per heavy atom. The van der Waals surface area contributed by atoms with Crippen molar-refractivity contribution in [3.63, 3.8) is 0 Å². The van der Waals surface area contributed by atoms with Crippen molar-refractivity contribution in [2.75, 3.05) is 51.4 Å². The second kappa shape index (κ2) is 11.4. The largest absolute Gasteiger partial charge is 0.494 e. The van der Waals surface area contributed by atoms with E-state index >= 15 is 0 Å². The summed E-state index contributed by atoms with van der Waals surface area (Å²) in [7, 11) is -1.80. The van der Waals surface area contributed by atoms with E-state index in [0.717, 1.165) is 23.4 Å². The Hall–Kier alpha value is -2.24. The molecule has 1 aliphatic rings. The van der Waals surface area contributed by atoms with Gasteiger partial charge in [0.1, 0.15) is 11.3 Å². The number of hydrogen-bond acceptors (Lipinski definition) is 8. The van der Waals surface area contributed by atoms with E-state index in [1.165, 1.54) is 11.3 Å². The molecule has 3 aromatic rings. The van der Waals surface area contributed by atoms with Gasteiger partial charge in [-0.05, 0) is 43.7 Å². The quantitative estimate of drug-likeness (QED) is 0.396. The Morgan fingerprint density at radius 1 is 1.19 bits per heavy atom. The third-order valence-corrected chi connectivity index (χ3v) is 9.88. The number of halogens is 1. The molecule has 1 aromatic heterocycles. The van der Waals surface area contributed by atoms with Crippen molar-refractivity contribution in [2.24, 2.45) is 0 Å². The lowest BCUT2D eigenvalue weighted by Gasteiger charge is -2.29. The average molecular weight is 552 g/mol. The van der Waals surface area contributed by atoms with Crippen molar-refractivity contribution in [1.82, 2.24) is 9.88 Å². The van der Waals surface area contributed by atoms with Gasteiger partial charge in [-0.3, -0.25) is 14.6 Å². The van der Waals surface area contributed by atoms with Crippen LogP contribution < -0.4 is 9.64 Å². The smallest absolute Gasteiger partial charge is 0.233 e. The summed E-state index contributed by atoms with van der Waals surface area (Å²) >= 11 is 7.78. The Balaban J connectivity index is 1.60. The van der Waals surface area contributed by atoms with Crippen LogP contribution in [-0.2, 0) is 25.8 Å². The molecule has 11 heteroatoms. The van der Waals surface area contributed by atoms with Crippen LogP contribution in [0.4, 0.5) is 5.13 Å². The number of aromatic nitrogens is 1. The number of ether oxygens (including phenoxy) is 2. The van der Waals surface area contributed by atoms with Crippen LogP contribution in [-0.4, -0.2) is 76.0 Å². The number of nitrogens with zero attached hydrogens (tertiary/aromatic N) is 3. The zero-order valence-corrected chi connectivity index (χ0v) is 23.0. The van der Waals surface area contributed by atoms with Gasteiger partial charge in [0, 0.05) is 26.2 Å². The van der Waals surface area contributed by atoms with Gasteiger partial charge in [0.25, 0.3) is 0 Å². The summed E-state index contributed by atoms with van der Waals surface area (Å²) in [6.45, 7) is 7.41. The second-order valence-corrected chi connectivity index (χ2v) is 12.7. The molecule has 36 heavy (non-hydrogen) atoms. The summed E-state index contributed by atoms with van der Waals surface area (Å²) in [4.78, 5) is 22.5. The predicted octanol–water partition coefficient (Wildman–Crippen LogP) is 4.05. The van der Waals surface area contributed by atoms with Gasteiger partial charge in [-0.2, -0.15) is 0 Å². The minimum Gasteiger partial charge on any atom is -0.494 e. The van der Waals surface area contributed by atoms with Gasteiger partial charge in [-0.1, -0.05) is 35.1 Å². The van der Waals surface area contributed by atoms with E-state index in [1.807, 2.05) is 0 Å². The van der Waals surface area contributed by atoms with E-state index in [-0.39, 0.29) is 17.2 Å². The van der Waals surface area contributed by atoms with Gasteiger partial charge >= 0.3 is 0 Å². The predicted molar refractivity (Wildman–Crippen MR) is 143 cm³/mol. The molecule has 0 atom stereocenters. The van der Waals surface area contributed by atoms with Crippen LogP contribution in [0.3, 0.4) is 0 Å². The lowest BCUT2D eigenvalue weighted by Crippen LogP contribution is -2.43. The molecule has 8 nitrogen and oxygen atoms in total. The normalized spacial score (nSPS) is 14.9. The molecule has 0 saturated carbocycles. The molecule has 1 aliphatic heterocycles. The molecule has 0 unspecified atom stereocenters. The van der Waals surface area contributed by atoms with Crippen LogP contribution in [0.2, 0.25) is 5.02 Å². The van der Waals surface area contributed by atoms with E-state index in [9.17, 15) is 13.2 Å². The standard InChI is InChI=1S/C25H30ClN3O5S2/c1-17(2)36(31,32)19-6-4-18(5-7-19)16-22(30)29(11-10-28-12-14-34-15-13-28)25-27-23-21(33-3)9-8-20(26)24(23)35-25/h4-9,17H,10-16H2,1-3H3. The van der Waals surface area contributed by atoms with Crippen molar-refractivity contribution in [3.05, 3.63) is 47.0 Å². The summed E-state index contributed by atoms with van der Waals surface area (Å²) in [5, 5.41) is 0.592. The van der Waals surface area contributed by atoms with Crippen LogP contribution in [0, 0.1) is 0 Å². The lowest BCUT2D eigenvalue weighted by molar-refractivity contribution is -0.118. The van der Waals surface area contributed by atoms with Crippen LogP contribution in [0.1, 0.15) is 19.4 Å². The Morgan fingerprint density at radius 3 is 2.53 bits per heavy atom. The van der Waals surface area contributed by atoms with Crippen molar-refractivity contribution in [1.29, 1.82) is 0 Å². The van der Waals surface area contributed by atoms with Gasteiger partial charge in [0.15, 0.2) is 15.0 Å². The lowest BCUT2D eigenvalue weighted by atomic mass is 10.1. The summed E-state index contributed by atoms with van der Waals surface area (Å²) < 4.78 is 36.5.